The number of carboxylic acids is 1. The number of nitrogens with zero attached hydrogens (tertiary/aromatic N) is 1. The third-order valence-corrected chi connectivity index (χ3v) is 17.8. The van der Waals surface area contributed by atoms with Gasteiger partial charge in [0.05, 0.1) is 40.3 Å². The number of carbonyl (C=O) groups is 3. The number of allylic oxidation sites excluding steroid dienone is 2. The molecule has 0 N–H and O–H groups in total. The minimum Gasteiger partial charge on any atom is -0.545 e. The molecular weight excluding hydrogens is 1070 g/mol. The minimum absolute atomic E-state index is 0.153. The number of carboxylic acid groups (broad SMARTS) is 1. The molecule has 2 atom stereocenters. The number of esters is 2. The van der Waals surface area contributed by atoms with Crippen molar-refractivity contribution in [2.24, 2.45) is 0 Å². The number of aliphatic carboxylic acids is 1. The van der Waals surface area contributed by atoms with Crippen LogP contribution in [0.5, 0.6) is 0 Å². The van der Waals surface area contributed by atoms with Gasteiger partial charge in [-0.25, -0.2) is 0 Å². The number of hydrogen-bond acceptors (Lipinski definition) is 8. The van der Waals surface area contributed by atoms with Crippen LogP contribution < -0.4 is 5.11 Å². The molecule has 0 aromatic carbocycles. The van der Waals surface area contributed by atoms with Crippen LogP contribution >= 0.6 is 0 Å². The summed E-state index contributed by atoms with van der Waals surface area (Å²) in [7, 11) is 5.95. The fraction of sp³-hybridized carbons (Fsp3) is 0.935. The van der Waals surface area contributed by atoms with Crippen LogP contribution in [0.1, 0.15) is 406 Å². The van der Waals surface area contributed by atoms with Gasteiger partial charge in [0, 0.05) is 12.8 Å². The zero-order chi connectivity index (χ0) is 62.6. The van der Waals surface area contributed by atoms with Crippen LogP contribution in [0.25, 0.3) is 0 Å². The van der Waals surface area contributed by atoms with Crippen LogP contribution in [0, 0.1) is 0 Å². The molecule has 9 nitrogen and oxygen atoms in total. The molecule has 9 heteroatoms. The van der Waals surface area contributed by atoms with Gasteiger partial charge in [-0.15, -0.1) is 0 Å². The van der Waals surface area contributed by atoms with Gasteiger partial charge in [0.15, 0.2) is 12.4 Å². The molecule has 0 rings (SSSR count). The van der Waals surface area contributed by atoms with E-state index in [-0.39, 0.29) is 32.2 Å². The lowest BCUT2D eigenvalue weighted by molar-refractivity contribution is -0.870. The summed E-state index contributed by atoms with van der Waals surface area (Å²) in [4.78, 5) is 37.5. The van der Waals surface area contributed by atoms with E-state index in [1.807, 2.05) is 21.1 Å². The lowest BCUT2D eigenvalue weighted by atomic mass is 10.0. The lowest BCUT2D eigenvalue weighted by Crippen LogP contribution is -2.44. The van der Waals surface area contributed by atoms with Gasteiger partial charge < -0.3 is 33.3 Å². The Kier molecular flexibility index (Phi) is 67.4. The highest BCUT2D eigenvalue weighted by atomic mass is 16.7. The van der Waals surface area contributed by atoms with E-state index < -0.39 is 24.3 Å². The number of carbonyl (C=O) groups excluding carboxylic acids is 3. The fourth-order valence-electron chi connectivity index (χ4n) is 11.9. The van der Waals surface area contributed by atoms with Gasteiger partial charge in [-0.2, -0.15) is 0 Å². The van der Waals surface area contributed by atoms with Crippen LogP contribution in [0.4, 0.5) is 0 Å². The first-order chi connectivity index (χ1) is 42.1. The molecule has 0 bridgehead atoms. The van der Waals surface area contributed by atoms with Gasteiger partial charge in [-0.3, -0.25) is 9.59 Å². The predicted molar refractivity (Wildman–Crippen MR) is 367 cm³/mol. The molecule has 0 fully saturated rings. The monoisotopic (exact) mass is 1220 g/mol. The standard InChI is InChI=1S/C77H149NO8/c1-6-8-10-12-14-16-18-20-22-24-26-28-30-32-34-36-37-38-39-40-42-44-46-48-50-52-54-56-58-60-62-64-66-68-75(80)86-73(72-85-77(76(81)82)83-70-69-78(3,4)5)71-84-74(79)67-65-63-61-59-57-55-53-51-49-47-45-43-41-35-33-31-29-27-25-23-21-19-17-15-13-11-9-7-2/h24,26,73,77H,6-23,25,27-72H2,1-5H3/b26-24-. The van der Waals surface area contributed by atoms with Crippen LogP contribution in [-0.2, 0) is 33.3 Å². The first kappa shape index (κ1) is 84.0. The summed E-state index contributed by atoms with van der Waals surface area (Å²) in [6, 6.07) is 0. The first-order valence-electron chi connectivity index (χ1n) is 38.3. The van der Waals surface area contributed by atoms with Gasteiger partial charge in [0.25, 0.3) is 0 Å². The average Bonchev–Trinajstić information content (AvgIpc) is 3.64. The normalized spacial score (nSPS) is 12.6. The Bertz CT molecular complexity index is 1410. The van der Waals surface area contributed by atoms with E-state index in [0.717, 1.165) is 38.5 Å². The summed E-state index contributed by atoms with van der Waals surface area (Å²) >= 11 is 0. The van der Waals surface area contributed by atoms with Crippen molar-refractivity contribution in [3.8, 4) is 0 Å². The molecule has 0 aromatic rings. The second-order valence-electron chi connectivity index (χ2n) is 27.7. The van der Waals surface area contributed by atoms with Gasteiger partial charge in [0.1, 0.15) is 13.2 Å². The van der Waals surface area contributed by atoms with Crippen LogP contribution in [0.3, 0.4) is 0 Å². The highest BCUT2D eigenvalue weighted by Crippen LogP contribution is 2.20. The quantitative estimate of drug-likeness (QED) is 0.0195. The van der Waals surface area contributed by atoms with Crippen molar-refractivity contribution in [2.75, 3.05) is 47.5 Å². The third-order valence-electron chi connectivity index (χ3n) is 17.8. The Morgan fingerprint density at radius 2 is 0.593 bits per heavy atom. The van der Waals surface area contributed by atoms with Crippen molar-refractivity contribution in [1.29, 1.82) is 0 Å². The average molecular weight is 1220 g/mol. The molecule has 510 valence electrons. The fourth-order valence-corrected chi connectivity index (χ4v) is 11.9. The molecular formula is C77H149NO8. The maximum absolute atomic E-state index is 13.0. The summed E-state index contributed by atoms with van der Waals surface area (Å²) in [5.41, 5.74) is 0. The van der Waals surface area contributed by atoms with Crippen molar-refractivity contribution in [3.63, 3.8) is 0 Å². The topological polar surface area (TPSA) is 111 Å². The highest BCUT2D eigenvalue weighted by Gasteiger charge is 2.22. The molecule has 0 aliphatic rings. The SMILES string of the molecule is CCCCCCCCCC/C=C\CCCCCCCCCCCCCCCCCCCCCCCC(=O)OC(COC(=O)CCCCCCCCCCCCCCCCCCCCCCCCCCCCCC)COC(OCC[N+](C)(C)C)C(=O)[O-]. The Hall–Kier alpha value is -1.97. The zero-order valence-corrected chi connectivity index (χ0v) is 58.5. The molecule has 0 aliphatic heterocycles. The molecule has 0 aliphatic carbocycles. The molecule has 0 aromatic heterocycles. The van der Waals surface area contributed by atoms with Gasteiger partial charge in [-0.05, 0) is 38.5 Å². The minimum atomic E-state index is -1.62. The van der Waals surface area contributed by atoms with E-state index >= 15 is 0 Å². The van der Waals surface area contributed by atoms with Crippen LogP contribution in [-0.4, -0.2) is 82.3 Å². The van der Waals surface area contributed by atoms with E-state index in [0.29, 0.717) is 17.4 Å². The molecule has 86 heavy (non-hydrogen) atoms. The van der Waals surface area contributed by atoms with Crippen molar-refractivity contribution in [2.45, 2.75) is 418 Å². The van der Waals surface area contributed by atoms with E-state index in [2.05, 4.69) is 26.0 Å². The summed E-state index contributed by atoms with van der Waals surface area (Å²) in [6.45, 7) is 4.84. The highest BCUT2D eigenvalue weighted by molar-refractivity contribution is 5.70. The number of ether oxygens (including phenoxy) is 4. The summed E-state index contributed by atoms with van der Waals surface area (Å²) in [5, 5.41) is 11.8. The molecule has 0 amide bonds. The van der Waals surface area contributed by atoms with E-state index in [1.165, 1.54) is 340 Å². The maximum Gasteiger partial charge on any atom is 0.306 e. The largest absolute Gasteiger partial charge is 0.545 e. The second kappa shape index (κ2) is 68.9. The van der Waals surface area contributed by atoms with Crippen LogP contribution in [0.2, 0.25) is 0 Å². The van der Waals surface area contributed by atoms with E-state index in [4.69, 9.17) is 18.9 Å². The zero-order valence-electron chi connectivity index (χ0n) is 58.5. The second-order valence-corrected chi connectivity index (χ2v) is 27.7. The summed E-state index contributed by atoms with van der Waals surface area (Å²) < 4.78 is 22.9. The molecule has 2 unspecified atom stereocenters. The number of likely N-dealkylation sites (N-methyl/N-ethyl adjacent to an activating group) is 1. The molecule has 0 saturated heterocycles. The smallest absolute Gasteiger partial charge is 0.306 e. The van der Waals surface area contributed by atoms with Gasteiger partial charge in [-0.1, -0.05) is 366 Å². The first-order valence-corrected chi connectivity index (χ1v) is 38.3. The van der Waals surface area contributed by atoms with Crippen molar-refractivity contribution >= 4 is 17.9 Å². The Morgan fingerprint density at radius 1 is 0.337 bits per heavy atom. The molecule has 0 radical (unpaired) electrons. The Labute approximate surface area is 535 Å². The molecule has 0 heterocycles. The lowest BCUT2D eigenvalue weighted by Gasteiger charge is -2.26. The number of hydrogen-bond donors (Lipinski definition) is 0. The number of rotatable bonds is 73. The summed E-state index contributed by atoms with van der Waals surface area (Å²) in [5.74, 6) is -2.24. The van der Waals surface area contributed by atoms with E-state index in [9.17, 15) is 19.5 Å². The maximum atomic E-state index is 13.0. The Balaban J connectivity index is 3.99. The Morgan fingerprint density at radius 3 is 0.860 bits per heavy atom. The van der Waals surface area contributed by atoms with Crippen molar-refractivity contribution in [3.05, 3.63) is 12.2 Å². The van der Waals surface area contributed by atoms with Crippen molar-refractivity contribution in [1.82, 2.24) is 0 Å². The molecule has 0 spiro atoms. The van der Waals surface area contributed by atoms with Gasteiger partial charge >= 0.3 is 11.9 Å². The number of unbranched alkanes of at least 4 members (excludes halogenated alkanes) is 56. The van der Waals surface area contributed by atoms with Gasteiger partial charge in [0.2, 0.25) is 0 Å². The number of quaternary nitrogens is 1. The summed E-state index contributed by atoms with van der Waals surface area (Å²) in [6.07, 6.45) is 81.9. The van der Waals surface area contributed by atoms with E-state index in [1.54, 1.807) is 0 Å². The predicted octanol–water partition coefficient (Wildman–Crippen LogP) is 22.6. The van der Waals surface area contributed by atoms with Crippen molar-refractivity contribution < 1.29 is 42.9 Å². The molecule has 0 saturated carbocycles. The van der Waals surface area contributed by atoms with Crippen LogP contribution in [0.15, 0.2) is 12.2 Å². The third kappa shape index (κ3) is 69.5.